The van der Waals surface area contributed by atoms with Gasteiger partial charge in [0.05, 0.1) is 5.56 Å². The molecule has 0 fully saturated rings. The third kappa shape index (κ3) is 4.25. The molecule has 7 nitrogen and oxygen atoms in total. The lowest BCUT2D eigenvalue weighted by Crippen LogP contribution is -2.28. The van der Waals surface area contributed by atoms with E-state index in [4.69, 9.17) is 5.11 Å². The molecule has 0 aliphatic carbocycles. The second kappa shape index (κ2) is 6.80. The van der Waals surface area contributed by atoms with E-state index in [2.05, 4.69) is 20.8 Å². The van der Waals surface area contributed by atoms with Crippen molar-refractivity contribution in [3.63, 3.8) is 0 Å². The van der Waals surface area contributed by atoms with E-state index in [1.165, 1.54) is 23.5 Å². The van der Waals surface area contributed by atoms with Crippen molar-refractivity contribution >= 4 is 28.5 Å². The highest BCUT2D eigenvalue weighted by molar-refractivity contribution is 7.15. The topological polar surface area (TPSA) is 104 Å². The minimum Gasteiger partial charge on any atom is -0.478 e. The number of nitrogens with one attached hydrogen (secondary N) is 2. The number of rotatable bonds is 5. The predicted octanol–water partition coefficient (Wildman–Crippen LogP) is 2.12. The molecule has 0 saturated carbocycles. The molecule has 110 valence electrons. The second-order valence-corrected chi connectivity index (χ2v) is 5.23. The first-order valence-electron chi connectivity index (χ1n) is 6.28. The molecule has 0 unspecified atom stereocenters. The van der Waals surface area contributed by atoms with E-state index in [1.54, 1.807) is 12.1 Å². The zero-order valence-corrected chi connectivity index (χ0v) is 12.1. The highest BCUT2D eigenvalue weighted by atomic mass is 32.1. The van der Waals surface area contributed by atoms with Crippen LogP contribution < -0.4 is 10.6 Å². The van der Waals surface area contributed by atoms with Crippen LogP contribution in [0.25, 0.3) is 0 Å². The van der Waals surface area contributed by atoms with E-state index in [9.17, 15) is 9.59 Å². The van der Waals surface area contributed by atoms with Crippen molar-refractivity contribution in [3.05, 3.63) is 40.4 Å². The standard InChI is InChI=1S/C13H14N4O3S/c1-2-10-16-17-13(21-10)15-12(20)14-7-8-3-5-9(6-4-8)11(18)19/h3-6H,2,7H2,1H3,(H,18,19)(H2,14,15,17,20). The molecule has 0 radical (unpaired) electrons. The number of urea groups is 1. The Hall–Kier alpha value is -2.48. The molecule has 3 N–H and O–H groups in total. The molecule has 0 aliphatic rings. The lowest BCUT2D eigenvalue weighted by Gasteiger charge is -2.05. The summed E-state index contributed by atoms with van der Waals surface area (Å²) in [6, 6.07) is 5.93. The van der Waals surface area contributed by atoms with Gasteiger partial charge in [-0.15, -0.1) is 10.2 Å². The van der Waals surface area contributed by atoms with Crippen LogP contribution >= 0.6 is 11.3 Å². The van der Waals surface area contributed by atoms with Gasteiger partial charge in [-0.1, -0.05) is 30.4 Å². The third-order valence-corrected chi connectivity index (χ3v) is 3.63. The number of carbonyl (C=O) groups is 2. The zero-order chi connectivity index (χ0) is 15.2. The Morgan fingerprint density at radius 3 is 2.52 bits per heavy atom. The summed E-state index contributed by atoms with van der Waals surface area (Å²) >= 11 is 1.33. The fraction of sp³-hybridized carbons (Fsp3) is 0.231. The molecule has 8 heteroatoms. The first-order valence-corrected chi connectivity index (χ1v) is 7.09. The highest BCUT2D eigenvalue weighted by Crippen LogP contribution is 2.15. The molecular formula is C13H14N4O3S. The van der Waals surface area contributed by atoms with Crippen LogP contribution in [0.2, 0.25) is 0 Å². The van der Waals surface area contributed by atoms with E-state index < -0.39 is 5.97 Å². The lowest BCUT2D eigenvalue weighted by molar-refractivity contribution is 0.0697. The Morgan fingerprint density at radius 2 is 1.95 bits per heavy atom. The molecule has 0 aliphatic heterocycles. The van der Waals surface area contributed by atoms with Crippen molar-refractivity contribution in [2.45, 2.75) is 19.9 Å². The van der Waals surface area contributed by atoms with E-state index in [-0.39, 0.29) is 11.6 Å². The van der Waals surface area contributed by atoms with Crippen molar-refractivity contribution in [3.8, 4) is 0 Å². The summed E-state index contributed by atoms with van der Waals surface area (Å²) in [6.07, 6.45) is 0.775. The first-order chi connectivity index (χ1) is 10.1. The molecule has 1 aromatic heterocycles. The fourth-order valence-corrected chi connectivity index (χ4v) is 2.21. The summed E-state index contributed by atoms with van der Waals surface area (Å²) in [5.41, 5.74) is 1.02. The van der Waals surface area contributed by atoms with Gasteiger partial charge in [-0.05, 0) is 24.1 Å². The van der Waals surface area contributed by atoms with Crippen LogP contribution in [0.3, 0.4) is 0 Å². The van der Waals surface area contributed by atoms with Gasteiger partial charge in [0.2, 0.25) is 5.13 Å². The number of anilines is 1. The Bertz CT molecular complexity index is 639. The Morgan fingerprint density at radius 1 is 1.24 bits per heavy atom. The number of carbonyl (C=O) groups excluding carboxylic acids is 1. The smallest absolute Gasteiger partial charge is 0.335 e. The normalized spacial score (nSPS) is 10.1. The van der Waals surface area contributed by atoms with Crippen LogP contribution in [-0.2, 0) is 13.0 Å². The number of benzene rings is 1. The maximum atomic E-state index is 11.7. The number of aromatic carboxylic acids is 1. The first kappa shape index (κ1) is 14.9. The van der Waals surface area contributed by atoms with Crippen LogP contribution in [0.1, 0.15) is 27.9 Å². The van der Waals surface area contributed by atoms with Gasteiger partial charge in [0.25, 0.3) is 0 Å². The maximum absolute atomic E-state index is 11.7. The summed E-state index contributed by atoms with van der Waals surface area (Å²) < 4.78 is 0. The maximum Gasteiger partial charge on any atom is 0.335 e. The van der Waals surface area contributed by atoms with Gasteiger partial charge in [-0.2, -0.15) is 0 Å². The zero-order valence-electron chi connectivity index (χ0n) is 11.3. The van der Waals surface area contributed by atoms with Crippen LogP contribution in [0, 0.1) is 0 Å². The Kier molecular flexibility index (Phi) is 4.83. The third-order valence-electron chi connectivity index (χ3n) is 2.64. The predicted molar refractivity (Wildman–Crippen MR) is 78.5 cm³/mol. The Labute approximate surface area is 125 Å². The number of hydrogen-bond donors (Lipinski definition) is 3. The molecule has 0 saturated heterocycles. The summed E-state index contributed by atoms with van der Waals surface area (Å²) in [5, 5.41) is 23.1. The minimum absolute atomic E-state index is 0.212. The Balaban J connectivity index is 1.84. The number of hydrogen-bond acceptors (Lipinski definition) is 5. The molecule has 0 bridgehead atoms. The van der Waals surface area contributed by atoms with Crippen molar-refractivity contribution in [1.29, 1.82) is 0 Å². The van der Waals surface area contributed by atoms with Crippen LogP contribution in [0.5, 0.6) is 0 Å². The summed E-state index contributed by atoms with van der Waals surface area (Å²) in [5.74, 6) is -0.977. The number of aryl methyl sites for hydroxylation is 1. The fourth-order valence-electron chi connectivity index (χ4n) is 1.54. The number of carboxylic acid groups (broad SMARTS) is 1. The van der Waals surface area contributed by atoms with Crippen LogP contribution in [-0.4, -0.2) is 27.3 Å². The van der Waals surface area contributed by atoms with Gasteiger partial charge < -0.3 is 10.4 Å². The number of nitrogens with zero attached hydrogens (tertiary/aromatic N) is 2. The van der Waals surface area contributed by atoms with Gasteiger partial charge in [0.15, 0.2) is 0 Å². The molecule has 1 aromatic carbocycles. The van der Waals surface area contributed by atoms with Crippen LogP contribution in [0.15, 0.2) is 24.3 Å². The minimum atomic E-state index is -0.977. The van der Waals surface area contributed by atoms with E-state index in [0.29, 0.717) is 11.7 Å². The molecule has 2 rings (SSSR count). The van der Waals surface area contributed by atoms with E-state index in [1.807, 2.05) is 6.92 Å². The summed E-state index contributed by atoms with van der Waals surface area (Å²) in [7, 11) is 0. The monoisotopic (exact) mass is 306 g/mol. The van der Waals surface area contributed by atoms with Crippen molar-refractivity contribution in [2.75, 3.05) is 5.32 Å². The largest absolute Gasteiger partial charge is 0.478 e. The number of aromatic nitrogens is 2. The highest BCUT2D eigenvalue weighted by Gasteiger charge is 2.07. The average molecular weight is 306 g/mol. The molecule has 2 aromatic rings. The average Bonchev–Trinajstić information content (AvgIpc) is 2.93. The molecule has 2 amide bonds. The number of amides is 2. The second-order valence-electron chi connectivity index (χ2n) is 4.16. The van der Waals surface area contributed by atoms with Gasteiger partial charge in [-0.3, -0.25) is 5.32 Å². The number of carboxylic acids is 1. The molecule has 1 heterocycles. The van der Waals surface area contributed by atoms with Gasteiger partial charge in [0.1, 0.15) is 5.01 Å². The van der Waals surface area contributed by atoms with E-state index in [0.717, 1.165) is 17.0 Å². The summed E-state index contributed by atoms with van der Waals surface area (Å²) in [6.45, 7) is 2.26. The van der Waals surface area contributed by atoms with Gasteiger partial charge in [-0.25, -0.2) is 9.59 Å². The molecular weight excluding hydrogens is 292 g/mol. The molecule has 21 heavy (non-hydrogen) atoms. The van der Waals surface area contributed by atoms with E-state index >= 15 is 0 Å². The van der Waals surface area contributed by atoms with Crippen molar-refractivity contribution in [2.24, 2.45) is 0 Å². The van der Waals surface area contributed by atoms with Gasteiger partial charge in [0, 0.05) is 6.54 Å². The van der Waals surface area contributed by atoms with Crippen molar-refractivity contribution in [1.82, 2.24) is 15.5 Å². The lowest BCUT2D eigenvalue weighted by atomic mass is 10.1. The van der Waals surface area contributed by atoms with Crippen LogP contribution in [0.4, 0.5) is 9.93 Å². The van der Waals surface area contributed by atoms with Crippen molar-refractivity contribution < 1.29 is 14.7 Å². The SMILES string of the molecule is CCc1nnc(NC(=O)NCc2ccc(C(=O)O)cc2)s1. The molecule has 0 atom stereocenters. The quantitative estimate of drug-likeness (QED) is 0.785. The summed E-state index contributed by atoms with van der Waals surface area (Å²) in [4.78, 5) is 22.4. The molecule has 0 spiro atoms. The van der Waals surface area contributed by atoms with Gasteiger partial charge >= 0.3 is 12.0 Å².